The van der Waals surface area contributed by atoms with Crippen molar-refractivity contribution in [3.05, 3.63) is 23.9 Å². The molecule has 0 aromatic rings. The van der Waals surface area contributed by atoms with Gasteiger partial charge in [-0.1, -0.05) is 39.0 Å². The molecule has 1 aliphatic carbocycles. The third kappa shape index (κ3) is 2.61. The molecule has 0 saturated heterocycles. The van der Waals surface area contributed by atoms with Crippen LogP contribution in [-0.2, 0) is 0 Å². The van der Waals surface area contributed by atoms with E-state index in [1.807, 2.05) is 0 Å². The van der Waals surface area contributed by atoms with Gasteiger partial charge < -0.3 is 5.32 Å². The maximum atomic E-state index is 4.05. The molecule has 13 heavy (non-hydrogen) atoms. The summed E-state index contributed by atoms with van der Waals surface area (Å²) in [4.78, 5) is 0. The van der Waals surface area contributed by atoms with Crippen LogP contribution in [0.5, 0.6) is 0 Å². The minimum Gasteiger partial charge on any atom is -0.388 e. The first-order valence-corrected chi connectivity index (χ1v) is 5.17. The Hall–Kier alpha value is -0.720. The Morgan fingerprint density at radius 3 is 2.77 bits per heavy atom. The summed E-state index contributed by atoms with van der Waals surface area (Å²) in [5.41, 5.74) is 3.03. The van der Waals surface area contributed by atoms with Crippen LogP contribution in [0.25, 0.3) is 0 Å². The Morgan fingerprint density at radius 2 is 2.23 bits per heavy atom. The van der Waals surface area contributed by atoms with Gasteiger partial charge in [-0.15, -0.1) is 0 Å². The zero-order valence-corrected chi connectivity index (χ0v) is 9.11. The molecule has 0 bridgehead atoms. The van der Waals surface area contributed by atoms with Crippen molar-refractivity contribution >= 4 is 0 Å². The highest BCUT2D eigenvalue weighted by Gasteiger charge is 2.26. The molecule has 0 aromatic heterocycles. The van der Waals surface area contributed by atoms with E-state index in [0.717, 1.165) is 19.4 Å². The van der Waals surface area contributed by atoms with Gasteiger partial charge in [0, 0.05) is 17.7 Å². The first kappa shape index (κ1) is 10.4. The summed E-state index contributed by atoms with van der Waals surface area (Å²) in [6.45, 7) is 11.9. The van der Waals surface area contributed by atoms with Crippen LogP contribution in [0.15, 0.2) is 23.9 Å². The molecule has 1 N–H and O–H groups in total. The molecule has 1 rings (SSSR count). The van der Waals surface area contributed by atoms with E-state index in [1.165, 1.54) is 17.7 Å². The standard InChI is InChI=1S/C12H21N/c1-5-8-13-11-7-6-10(2)9-12(11,3)4/h7,13H,2,5-6,8-9H2,1,3-4H3. The highest BCUT2D eigenvalue weighted by Crippen LogP contribution is 2.36. The summed E-state index contributed by atoms with van der Waals surface area (Å²) < 4.78 is 0. The smallest absolute Gasteiger partial charge is 0.0141 e. The molecule has 1 nitrogen and oxygen atoms in total. The van der Waals surface area contributed by atoms with Crippen LogP contribution in [-0.4, -0.2) is 6.54 Å². The van der Waals surface area contributed by atoms with E-state index in [2.05, 4.69) is 38.7 Å². The van der Waals surface area contributed by atoms with Gasteiger partial charge in [-0.25, -0.2) is 0 Å². The van der Waals surface area contributed by atoms with Gasteiger partial charge in [-0.05, 0) is 19.3 Å². The fraction of sp³-hybridized carbons (Fsp3) is 0.667. The predicted octanol–water partition coefficient (Wildman–Crippen LogP) is 3.25. The number of nitrogens with one attached hydrogen (secondary N) is 1. The monoisotopic (exact) mass is 179 g/mol. The summed E-state index contributed by atoms with van der Waals surface area (Å²) in [6.07, 6.45) is 5.65. The highest BCUT2D eigenvalue weighted by molar-refractivity contribution is 5.23. The van der Waals surface area contributed by atoms with E-state index in [9.17, 15) is 0 Å². The largest absolute Gasteiger partial charge is 0.388 e. The van der Waals surface area contributed by atoms with E-state index in [0.29, 0.717) is 0 Å². The SMILES string of the molecule is C=C1CC=C(NCCC)C(C)(C)C1. The molecule has 0 unspecified atom stereocenters. The molecule has 0 saturated carbocycles. The van der Waals surface area contributed by atoms with Gasteiger partial charge >= 0.3 is 0 Å². The first-order valence-electron chi connectivity index (χ1n) is 5.17. The van der Waals surface area contributed by atoms with Crippen LogP contribution in [0, 0.1) is 5.41 Å². The lowest BCUT2D eigenvalue weighted by molar-refractivity contribution is 0.392. The second kappa shape index (κ2) is 3.99. The zero-order valence-electron chi connectivity index (χ0n) is 9.11. The zero-order chi connectivity index (χ0) is 9.90. The molecule has 0 aromatic carbocycles. The van der Waals surface area contributed by atoms with Crippen molar-refractivity contribution in [2.45, 2.75) is 40.0 Å². The van der Waals surface area contributed by atoms with Gasteiger partial charge in [0.1, 0.15) is 0 Å². The fourth-order valence-corrected chi connectivity index (χ4v) is 1.89. The Bertz CT molecular complexity index is 223. The first-order chi connectivity index (χ1) is 6.06. The summed E-state index contributed by atoms with van der Waals surface area (Å²) in [6, 6.07) is 0. The Labute approximate surface area is 81.9 Å². The van der Waals surface area contributed by atoms with Gasteiger partial charge in [-0.2, -0.15) is 0 Å². The van der Waals surface area contributed by atoms with E-state index >= 15 is 0 Å². The lowest BCUT2D eigenvalue weighted by Crippen LogP contribution is -2.30. The van der Waals surface area contributed by atoms with Crippen molar-refractivity contribution in [1.82, 2.24) is 5.32 Å². The van der Waals surface area contributed by atoms with Crippen LogP contribution in [0.1, 0.15) is 40.0 Å². The molecular weight excluding hydrogens is 158 g/mol. The topological polar surface area (TPSA) is 12.0 Å². The predicted molar refractivity (Wildman–Crippen MR) is 58.5 cm³/mol. The minimum absolute atomic E-state index is 0.268. The molecule has 1 heteroatoms. The Kier molecular flexibility index (Phi) is 3.18. The van der Waals surface area contributed by atoms with Crippen LogP contribution in [0.3, 0.4) is 0 Å². The normalized spacial score (nSPS) is 21.2. The van der Waals surface area contributed by atoms with Crippen LogP contribution >= 0.6 is 0 Å². The molecule has 74 valence electrons. The number of allylic oxidation sites excluding steroid dienone is 3. The number of hydrogen-bond acceptors (Lipinski definition) is 1. The van der Waals surface area contributed by atoms with Gasteiger partial charge in [0.15, 0.2) is 0 Å². The average Bonchev–Trinajstić information content (AvgIpc) is 2.01. The van der Waals surface area contributed by atoms with Crippen molar-refractivity contribution in [2.75, 3.05) is 6.54 Å². The third-order valence-corrected chi connectivity index (χ3v) is 2.58. The Morgan fingerprint density at radius 1 is 1.54 bits per heavy atom. The van der Waals surface area contributed by atoms with Crippen LogP contribution in [0.4, 0.5) is 0 Å². The molecule has 0 fully saturated rings. The van der Waals surface area contributed by atoms with Gasteiger partial charge in [-0.3, -0.25) is 0 Å². The lowest BCUT2D eigenvalue weighted by atomic mass is 9.77. The Balaban J connectivity index is 2.65. The van der Waals surface area contributed by atoms with Gasteiger partial charge in [0.05, 0.1) is 0 Å². The molecule has 0 atom stereocenters. The number of hydrogen-bond donors (Lipinski definition) is 1. The highest BCUT2D eigenvalue weighted by atomic mass is 14.9. The van der Waals surface area contributed by atoms with E-state index < -0.39 is 0 Å². The molecule has 0 amide bonds. The number of rotatable bonds is 3. The summed E-state index contributed by atoms with van der Waals surface area (Å²) in [7, 11) is 0. The fourth-order valence-electron chi connectivity index (χ4n) is 1.89. The van der Waals surface area contributed by atoms with Crippen molar-refractivity contribution in [2.24, 2.45) is 5.41 Å². The molecule has 0 aliphatic heterocycles. The molecule has 0 heterocycles. The van der Waals surface area contributed by atoms with Crippen molar-refractivity contribution in [3.8, 4) is 0 Å². The van der Waals surface area contributed by atoms with E-state index in [-0.39, 0.29) is 5.41 Å². The average molecular weight is 179 g/mol. The van der Waals surface area contributed by atoms with Gasteiger partial charge in [0.2, 0.25) is 0 Å². The molecular formula is C12H21N. The maximum absolute atomic E-state index is 4.05. The minimum atomic E-state index is 0.268. The van der Waals surface area contributed by atoms with Crippen LogP contribution < -0.4 is 5.32 Å². The molecule has 0 radical (unpaired) electrons. The summed E-state index contributed by atoms with van der Waals surface area (Å²) in [5, 5.41) is 3.50. The lowest BCUT2D eigenvalue weighted by Gasteiger charge is -2.33. The van der Waals surface area contributed by atoms with Crippen molar-refractivity contribution in [3.63, 3.8) is 0 Å². The summed E-state index contributed by atoms with van der Waals surface area (Å²) >= 11 is 0. The summed E-state index contributed by atoms with van der Waals surface area (Å²) in [5.74, 6) is 0. The molecule has 0 spiro atoms. The second-order valence-electron chi connectivity index (χ2n) is 4.56. The van der Waals surface area contributed by atoms with E-state index in [4.69, 9.17) is 0 Å². The maximum Gasteiger partial charge on any atom is 0.0141 e. The van der Waals surface area contributed by atoms with Crippen molar-refractivity contribution in [1.29, 1.82) is 0 Å². The molecule has 1 aliphatic rings. The quantitative estimate of drug-likeness (QED) is 0.656. The third-order valence-electron chi connectivity index (χ3n) is 2.58. The van der Waals surface area contributed by atoms with E-state index in [1.54, 1.807) is 0 Å². The van der Waals surface area contributed by atoms with Gasteiger partial charge in [0.25, 0.3) is 0 Å². The second-order valence-corrected chi connectivity index (χ2v) is 4.56. The van der Waals surface area contributed by atoms with Crippen molar-refractivity contribution < 1.29 is 0 Å². The van der Waals surface area contributed by atoms with Crippen LogP contribution in [0.2, 0.25) is 0 Å².